The van der Waals surface area contributed by atoms with Crippen molar-refractivity contribution >= 4 is 0 Å². The molecule has 1 nitrogen and oxygen atoms in total. The molecule has 1 aromatic carbocycles. The molecule has 21 heavy (non-hydrogen) atoms. The third-order valence-electron chi connectivity index (χ3n) is 4.51. The summed E-state index contributed by atoms with van der Waals surface area (Å²) < 4.78 is 5.48. The van der Waals surface area contributed by atoms with E-state index in [2.05, 4.69) is 49.9 Å². The van der Waals surface area contributed by atoms with Crippen molar-refractivity contribution in [1.29, 1.82) is 0 Å². The van der Waals surface area contributed by atoms with Crippen LogP contribution in [0.25, 0.3) is 0 Å². The molecule has 0 bridgehead atoms. The third-order valence-corrected chi connectivity index (χ3v) is 4.51. The molecule has 1 aliphatic rings. The van der Waals surface area contributed by atoms with Crippen molar-refractivity contribution in [3.05, 3.63) is 60.2 Å². The summed E-state index contributed by atoms with van der Waals surface area (Å²) in [6, 6.07) is 9.02. The van der Waals surface area contributed by atoms with Crippen LogP contribution in [0.5, 0.6) is 0 Å². The maximum absolute atomic E-state index is 5.48. The molecule has 0 radical (unpaired) electrons. The summed E-state index contributed by atoms with van der Waals surface area (Å²) >= 11 is 0. The first kappa shape index (κ1) is 16.0. The maximum atomic E-state index is 5.48. The second-order valence-electron chi connectivity index (χ2n) is 6.07. The van der Waals surface area contributed by atoms with Crippen molar-refractivity contribution < 1.29 is 4.74 Å². The highest BCUT2D eigenvalue weighted by Gasteiger charge is 2.21. The molecule has 0 unspecified atom stereocenters. The molecule has 1 aliphatic carbocycles. The summed E-state index contributed by atoms with van der Waals surface area (Å²) in [5, 5.41) is 0. The van der Waals surface area contributed by atoms with Crippen molar-refractivity contribution in [2.45, 2.75) is 51.6 Å². The molecule has 1 fully saturated rings. The van der Waals surface area contributed by atoms with Crippen molar-refractivity contribution in [3.63, 3.8) is 0 Å². The van der Waals surface area contributed by atoms with Gasteiger partial charge in [-0.1, -0.05) is 42.5 Å². The molecule has 2 rings (SSSR count). The second-order valence-corrected chi connectivity index (χ2v) is 6.07. The second kappa shape index (κ2) is 8.84. The van der Waals surface area contributed by atoms with Gasteiger partial charge in [0.25, 0.3) is 0 Å². The molecule has 0 heterocycles. The van der Waals surface area contributed by atoms with E-state index in [-0.39, 0.29) is 0 Å². The van der Waals surface area contributed by atoms with Gasteiger partial charge in [-0.25, -0.2) is 0 Å². The van der Waals surface area contributed by atoms with E-state index in [1.807, 2.05) is 0 Å². The van der Waals surface area contributed by atoms with E-state index >= 15 is 0 Å². The van der Waals surface area contributed by atoms with Gasteiger partial charge >= 0.3 is 0 Å². The molecule has 1 saturated carbocycles. The van der Waals surface area contributed by atoms with Gasteiger partial charge in [0.05, 0.1) is 13.2 Å². The van der Waals surface area contributed by atoms with Gasteiger partial charge in [0.2, 0.25) is 0 Å². The molecule has 1 aromatic rings. The van der Waals surface area contributed by atoms with Gasteiger partial charge in [0.15, 0.2) is 0 Å². The maximum Gasteiger partial charge on any atom is 0.0721 e. The number of rotatable bonds is 7. The Bertz CT molecular complexity index is 435. The van der Waals surface area contributed by atoms with Crippen molar-refractivity contribution in [2.75, 3.05) is 6.61 Å². The van der Waals surface area contributed by atoms with Crippen molar-refractivity contribution in [1.82, 2.24) is 0 Å². The normalized spacial score (nSPS) is 22.5. The predicted molar refractivity (Wildman–Crippen MR) is 90.4 cm³/mol. The Labute approximate surface area is 129 Å². The van der Waals surface area contributed by atoms with Crippen LogP contribution in [0, 0.1) is 5.92 Å². The van der Waals surface area contributed by atoms with Crippen LogP contribution in [-0.2, 0) is 11.3 Å². The largest absolute Gasteiger partial charge is 0.373 e. The van der Waals surface area contributed by atoms with Gasteiger partial charge in [-0.05, 0) is 62.0 Å². The van der Waals surface area contributed by atoms with Crippen LogP contribution in [0.2, 0.25) is 0 Å². The van der Waals surface area contributed by atoms with Crippen LogP contribution >= 0.6 is 0 Å². The number of hydrogen-bond donors (Lipinski definition) is 0. The smallest absolute Gasteiger partial charge is 0.0721 e. The van der Waals surface area contributed by atoms with Crippen LogP contribution in [-0.4, -0.2) is 6.61 Å². The van der Waals surface area contributed by atoms with Crippen LogP contribution in [0.15, 0.2) is 49.1 Å². The van der Waals surface area contributed by atoms with Crippen LogP contribution < -0.4 is 0 Å². The Kier molecular flexibility index (Phi) is 6.75. The van der Waals surface area contributed by atoms with Crippen LogP contribution in [0.4, 0.5) is 0 Å². The van der Waals surface area contributed by atoms with E-state index in [1.54, 1.807) is 6.08 Å². The highest BCUT2D eigenvalue weighted by Crippen LogP contribution is 2.37. The van der Waals surface area contributed by atoms with Gasteiger partial charge in [0.1, 0.15) is 0 Å². The van der Waals surface area contributed by atoms with E-state index in [0.717, 1.165) is 11.8 Å². The van der Waals surface area contributed by atoms with Gasteiger partial charge < -0.3 is 4.74 Å². The zero-order valence-electron chi connectivity index (χ0n) is 13.3. The van der Waals surface area contributed by atoms with Gasteiger partial charge in [-0.15, -0.1) is 6.58 Å². The van der Waals surface area contributed by atoms with Gasteiger partial charge in [0, 0.05) is 0 Å². The number of ether oxygens (including phenoxy) is 1. The molecule has 0 aliphatic heterocycles. The fourth-order valence-corrected chi connectivity index (χ4v) is 3.21. The molecular formula is C20H28O. The fourth-order valence-electron chi connectivity index (χ4n) is 3.21. The lowest BCUT2D eigenvalue weighted by Gasteiger charge is -2.28. The Balaban J connectivity index is 1.81. The zero-order chi connectivity index (χ0) is 14.9. The van der Waals surface area contributed by atoms with Crippen LogP contribution in [0.1, 0.15) is 56.1 Å². The topological polar surface area (TPSA) is 9.23 Å². The summed E-state index contributed by atoms with van der Waals surface area (Å²) in [5.74, 6) is 1.67. The zero-order valence-corrected chi connectivity index (χ0v) is 13.3. The molecule has 0 N–H and O–H groups in total. The Hall–Kier alpha value is -1.34. The molecule has 0 atom stereocenters. The summed E-state index contributed by atoms with van der Waals surface area (Å²) in [6.07, 6.45) is 13.0. The summed E-state index contributed by atoms with van der Waals surface area (Å²) in [6.45, 7) is 7.09. The Morgan fingerprint density at radius 1 is 1.14 bits per heavy atom. The first-order chi connectivity index (χ1) is 10.3. The number of hydrogen-bond acceptors (Lipinski definition) is 1. The van der Waals surface area contributed by atoms with Crippen LogP contribution in [0.3, 0.4) is 0 Å². The van der Waals surface area contributed by atoms with E-state index < -0.39 is 0 Å². The highest BCUT2D eigenvalue weighted by molar-refractivity contribution is 5.25. The predicted octanol–water partition coefficient (Wildman–Crippen LogP) is 5.63. The van der Waals surface area contributed by atoms with Gasteiger partial charge in [-0.3, -0.25) is 0 Å². The Morgan fingerprint density at radius 2 is 1.86 bits per heavy atom. The quantitative estimate of drug-likeness (QED) is 0.466. The molecule has 1 heteroatoms. The molecular weight excluding hydrogens is 256 g/mol. The van der Waals surface area contributed by atoms with E-state index in [1.165, 1.54) is 43.2 Å². The lowest BCUT2D eigenvalue weighted by atomic mass is 9.77. The molecule has 0 aromatic heterocycles. The van der Waals surface area contributed by atoms with Crippen molar-refractivity contribution in [2.24, 2.45) is 5.92 Å². The monoisotopic (exact) mass is 284 g/mol. The third kappa shape index (κ3) is 5.17. The average Bonchev–Trinajstić information content (AvgIpc) is 2.54. The molecule has 0 saturated heterocycles. The lowest BCUT2D eigenvalue weighted by Crippen LogP contribution is -2.12. The fraction of sp³-hybridized carbons (Fsp3) is 0.500. The minimum atomic E-state index is 0.623. The lowest BCUT2D eigenvalue weighted by molar-refractivity contribution is 0.149. The highest BCUT2D eigenvalue weighted by atomic mass is 16.5. The minimum Gasteiger partial charge on any atom is -0.373 e. The standard InChI is InChI=1S/C20H28O/c1-3-5-6-17-7-11-19(12-8-17)20-13-9-18(10-14-20)16-21-15-4-2/h3-5,9-10,13-14,17,19H,2,6-8,11-12,15-16H2,1H3. The number of allylic oxidation sites excluding steroid dienone is 2. The summed E-state index contributed by atoms with van der Waals surface area (Å²) in [7, 11) is 0. The summed E-state index contributed by atoms with van der Waals surface area (Å²) in [4.78, 5) is 0. The SMILES string of the molecule is C=CCOCc1ccc(C2CCC(CC=CC)CC2)cc1. The van der Waals surface area contributed by atoms with Crippen molar-refractivity contribution in [3.8, 4) is 0 Å². The van der Waals surface area contributed by atoms with Gasteiger partial charge in [-0.2, -0.15) is 0 Å². The molecule has 0 amide bonds. The van der Waals surface area contributed by atoms with E-state index in [0.29, 0.717) is 13.2 Å². The minimum absolute atomic E-state index is 0.623. The summed E-state index contributed by atoms with van der Waals surface area (Å²) in [5.41, 5.74) is 2.76. The molecule has 114 valence electrons. The van der Waals surface area contributed by atoms with E-state index in [9.17, 15) is 0 Å². The molecule has 0 spiro atoms. The Morgan fingerprint density at radius 3 is 2.48 bits per heavy atom. The van der Waals surface area contributed by atoms with E-state index in [4.69, 9.17) is 4.74 Å². The first-order valence-electron chi connectivity index (χ1n) is 8.22. The number of benzene rings is 1. The first-order valence-corrected chi connectivity index (χ1v) is 8.22. The average molecular weight is 284 g/mol.